The molecule has 1 rings (SSSR count). The van der Waals surface area contributed by atoms with Crippen molar-refractivity contribution in [3.63, 3.8) is 0 Å². The van der Waals surface area contributed by atoms with Crippen LogP contribution >= 0.6 is 12.4 Å². The Morgan fingerprint density at radius 1 is 1.21 bits per heavy atom. The lowest BCUT2D eigenvalue weighted by Gasteiger charge is -2.35. The summed E-state index contributed by atoms with van der Waals surface area (Å²) in [7, 11) is 3.36. The van der Waals surface area contributed by atoms with Crippen molar-refractivity contribution in [2.24, 2.45) is 11.1 Å². The highest BCUT2D eigenvalue weighted by molar-refractivity contribution is 5.85. The molecule has 3 N–H and O–H groups in total. The molecule has 1 fully saturated rings. The minimum atomic E-state index is -0.0891. The Morgan fingerprint density at radius 3 is 2.26 bits per heavy atom. The highest BCUT2D eigenvalue weighted by Crippen LogP contribution is 2.38. The Labute approximate surface area is 121 Å². The van der Waals surface area contributed by atoms with E-state index in [0.717, 1.165) is 25.7 Å². The van der Waals surface area contributed by atoms with E-state index >= 15 is 0 Å². The third-order valence-corrected chi connectivity index (χ3v) is 3.82. The maximum atomic E-state index is 11.9. The van der Waals surface area contributed by atoms with E-state index in [9.17, 15) is 9.59 Å². The number of likely N-dealkylation sites (N-methyl/N-ethyl adjacent to an activating group) is 1. The van der Waals surface area contributed by atoms with E-state index in [1.165, 1.54) is 11.3 Å². The van der Waals surface area contributed by atoms with Crippen LogP contribution in [0.4, 0.5) is 0 Å². The first kappa shape index (κ1) is 18.2. The molecule has 0 aromatic carbocycles. The van der Waals surface area contributed by atoms with Gasteiger partial charge in [0.2, 0.25) is 11.8 Å². The molecule has 0 bridgehead atoms. The number of nitrogens with two attached hydrogens (primary N) is 1. The number of hydrogen-bond donors (Lipinski definition) is 2. The zero-order valence-electron chi connectivity index (χ0n) is 11.9. The molecule has 0 unspecified atom stereocenters. The van der Waals surface area contributed by atoms with Gasteiger partial charge in [0.25, 0.3) is 0 Å². The van der Waals surface area contributed by atoms with Gasteiger partial charge < -0.3 is 16.0 Å². The van der Waals surface area contributed by atoms with Gasteiger partial charge in [-0.2, -0.15) is 0 Å². The van der Waals surface area contributed by atoms with Gasteiger partial charge in [0.15, 0.2) is 0 Å². The Morgan fingerprint density at radius 2 is 1.79 bits per heavy atom. The second kappa shape index (κ2) is 8.38. The van der Waals surface area contributed by atoms with E-state index in [0.29, 0.717) is 13.0 Å². The maximum absolute atomic E-state index is 11.9. The highest BCUT2D eigenvalue weighted by Gasteiger charge is 2.32. The van der Waals surface area contributed by atoms with E-state index < -0.39 is 0 Å². The summed E-state index contributed by atoms with van der Waals surface area (Å²) in [6, 6.07) is 0. The average molecular weight is 292 g/mol. The summed E-state index contributed by atoms with van der Waals surface area (Å²) < 4.78 is 0. The molecule has 1 saturated carbocycles. The lowest BCUT2D eigenvalue weighted by Crippen LogP contribution is -2.41. The summed E-state index contributed by atoms with van der Waals surface area (Å²) in [4.78, 5) is 24.7. The van der Waals surface area contributed by atoms with Gasteiger partial charge in [0, 0.05) is 20.5 Å². The van der Waals surface area contributed by atoms with Crippen LogP contribution in [0.3, 0.4) is 0 Å². The first-order valence-corrected chi connectivity index (χ1v) is 6.66. The highest BCUT2D eigenvalue weighted by atomic mass is 35.5. The van der Waals surface area contributed by atoms with Crippen molar-refractivity contribution in [3.8, 4) is 0 Å². The lowest BCUT2D eigenvalue weighted by atomic mass is 9.71. The molecule has 0 atom stereocenters. The van der Waals surface area contributed by atoms with Crippen LogP contribution in [0.1, 0.15) is 38.5 Å². The summed E-state index contributed by atoms with van der Waals surface area (Å²) in [6.07, 6.45) is 6.05. The average Bonchev–Trinajstić information content (AvgIpc) is 2.36. The molecule has 2 amide bonds. The largest absolute Gasteiger partial charge is 0.347 e. The van der Waals surface area contributed by atoms with Gasteiger partial charge in [-0.25, -0.2) is 0 Å². The van der Waals surface area contributed by atoms with Crippen molar-refractivity contribution in [3.05, 3.63) is 0 Å². The van der Waals surface area contributed by atoms with Crippen molar-refractivity contribution < 1.29 is 9.59 Å². The monoisotopic (exact) mass is 291 g/mol. The molecular formula is C13H26ClN3O2. The maximum Gasteiger partial charge on any atom is 0.241 e. The van der Waals surface area contributed by atoms with Gasteiger partial charge in [-0.05, 0) is 24.8 Å². The minimum Gasteiger partial charge on any atom is -0.347 e. The Balaban J connectivity index is 0.00000324. The lowest BCUT2D eigenvalue weighted by molar-refractivity contribution is -0.131. The molecule has 1 aliphatic carbocycles. The van der Waals surface area contributed by atoms with Gasteiger partial charge in [-0.3, -0.25) is 9.59 Å². The van der Waals surface area contributed by atoms with Crippen molar-refractivity contribution in [1.82, 2.24) is 10.2 Å². The van der Waals surface area contributed by atoms with Crippen LogP contribution < -0.4 is 11.1 Å². The summed E-state index contributed by atoms with van der Waals surface area (Å²) in [5.74, 6) is -0.147. The molecule has 0 heterocycles. The normalized spacial score (nSPS) is 17.2. The fraction of sp³-hybridized carbons (Fsp3) is 0.846. The van der Waals surface area contributed by atoms with Crippen molar-refractivity contribution >= 4 is 24.2 Å². The first-order valence-electron chi connectivity index (χ1n) is 6.66. The van der Waals surface area contributed by atoms with Crippen molar-refractivity contribution in [1.29, 1.82) is 0 Å². The Hall–Kier alpha value is -0.810. The quantitative estimate of drug-likeness (QED) is 0.791. The molecule has 0 spiro atoms. The van der Waals surface area contributed by atoms with E-state index in [-0.39, 0.29) is 36.2 Å². The molecular weight excluding hydrogens is 266 g/mol. The van der Waals surface area contributed by atoms with Crippen LogP contribution in [0.25, 0.3) is 0 Å². The summed E-state index contributed by atoms with van der Waals surface area (Å²) >= 11 is 0. The standard InChI is InChI=1S/C13H25N3O2.ClH/c1-16(2)12(18)9-15-11(17)8-13(10-14)6-4-3-5-7-13;/h3-10,14H2,1-2H3,(H,15,17);1H. The summed E-state index contributed by atoms with van der Waals surface area (Å²) in [5.41, 5.74) is 5.80. The van der Waals surface area contributed by atoms with Gasteiger partial charge >= 0.3 is 0 Å². The van der Waals surface area contributed by atoms with Crippen LogP contribution in [0.2, 0.25) is 0 Å². The van der Waals surface area contributed by atoms with Crippen molar-refractivity contribution in [2.75, 3.05) is 27.2 Å². The molecule has 0 aromatic rings. The molecule has 112 valence electrons. The summed E-state index contributed by atoms with van der Waals surface area (Å²) in [6.45, 7) is 0.633. The van der Waals surface area contributed by atoms with E-state index in [2.05, 4.69) is 5.32 Å². The third kappa shape index (κ3) is 5.78. The number of halogens is 1. The van der Waals surface area contributed by atoms with Crippen LogP contribution in [0.5, 0.6) is 0 Å². The Kier molecular flexibility index (Phi) is 8.02. The predicted octanol–water partition coefficient (Wildman–Crippen LogP) is 0.912. The number of hydrogen-bond acceptors (Lipinski definition) is 3. The van der Waals surface area contributed by atoms with E-state index in [4.69, 9.17) is 5.73 Å². The topological polar surface area (TPSA) is 75.4 Å². The van der Waals surface area contributed by atoms with Crippen LogP contribution in [-0.2, 0) is 9.59 Å². The number of nitrogens with one attached hydrogen (secondary N) is 1. The van der Waals surface area contributed by atoms with E-state index in [1.54, 1.807) is 14.1 Å². The smallest absolute Gasteiger partial charge is 0.241 e. The minimum absolute atomic E-state index is 0. The van der Waals surface area contributed by atoms with Gasteiger partial charge in [0.05, 0.1) is 6.54 Å². The Bertz CT molecular complexity index is 302. The van der Waals surface area contributed by atoms with Crippen LogP contribution in [0, 0.1) is 5.41 Å². The van der Waals surface area contributed by atoms with Crippen LogP contribution in [-0.4, -0.2) is 43.9 Å². The molecule has 6 heteroatoms. The first-order chi connectivity index (χ1) is 8.49. The number of carbonyl (C=O) groups excluding carboxylic acids is 2. The molecule has 19 heavy (non-hydrogen) atoms. The molecule has 0 radical (unpaired) electrons. The fourth-order valence-electron chi connectivity index (χ4n) is 2.49. The predicted molar refractivity (Wildman–Crippen MR) is 78.1 cm³/mol. The number of carbonyl (C=O) groups is 2. The summed E-state index contributed by atoms with van der Waals surface area (Å²) in [5, 5.41) is 2.68. The van der Waals surface area contributed by atoms with Gasteiger partial charge in [0.1, 0.15) is 0 Å². The van der Waals surface area contributed by atoms with Gasteiger partial charge in [-0.1, -0.05) is 19.3 Å². The van der Waals surface area contributed by atoms with Crippen molar-refractivity contribution in [2.45, 2.75) is 38.5 Å². The number of rotatable bonds is 5. The second-order valence-electron chi connectivity index (χ2n) is 5.51. The zero-order valence-corrected chi connectivity index (χ0v) is 12.7. The number of amides is 2. The molecule has 5 nitrogen and oxygen atoms in total. The molecule has 1 aliphatic rings. The van der Waals surface area contributed by atoms with Crippen LogP contribution in [0.15, 0.2) is 0 Å². The number of nitrogens with zero attached hydrogens (tertiary/aromatic N) is 1. The van der Waals surface area contributed by atoms with Gasteiger partial charge in [-0.15, -0.1) is 12.4 Å². The molecule has 0 aliphatic heterocycles. The SMILES string of the molecule is CN(C)C(=O)CNC(=O)CC1(CN)CCCCC1.Cl. The zero-order chi connectivity index (χ0) is 13.6. The fourth-order valence-corrected chi connectivity index (χ4v) is 2.49. The van der Waals surface area contributed by atoms with E-state index in [1.807, 2.05) is 0 Å². The molecule has 0 aromatic heterocycles. The third-order valence-electron chi connectivity index (χ3n) is 3.82. The molecule has 0 saturated heterocycles. The second-order valence-corrected chi connectivity index (χ2v) is 5.51.